The molecule has 0 bridgehead atoms. The van der Waals surface area contributed by atoms with Crippen LogP contribution in [0.25, 0.3) is 0 Å². The van der Waals surface area contributed by atoms with Gasteiger partial charge >= 0.3 is 0 Å². The second-order valence-electron chi connectivity index (χ2n) is 4.75. The molecule has 2 heteroatoms. The van der Waals surface area contributed by atoms with Gasteiger partial charge < -0.3 is 5.21 Å². The maximum Gasteiger partial charge on any atom is 0.184 e. The number of hydrogen-bond acceptors (Lipinski definition) is 1. The van der Waals surface area contributed by atoms with Gasteiger partial charge in [-0.05, 0) is 17.2 Å². The normalized spacial score (nSPS) is 10.7. The van der Waals surface area contributed by atoms with E-state index in [4.69, 9.17) is 0 Å². The first kappa shape index (κ1) is 12.4. The van der Waals surface area contributed by atoms with E-state index in [1.165, 1.54) is 17.3 Å². The Morgan fingerprint density at radius 2 is 1.15 bits per heavy atom. The zero-order valence-corrected chi connectivity index (χ0v) is 11.0. The maximum atomic E-state index is 11.6. The molecule has 2 aromatic carbocycles. The summed E-state index contributed by atoms with van der Waals surface area (Å²) in [5.74, 6) is 0.0822. The van der Waals surface area contributed by atoms with E-state index in [-0.39, 0.29) is 5.92 Å². The molecule has 0 amide bonds. The Labute approximate surface area is 118 Å². The van der Waals surface area contributed by atoms with E-state index < -0.39 is 0 Å². The van der Waals surface area contributed by atoms with Crippen LogP contribution in [0.5, 0.6) is 0 Å². The molecule has 0 aliphatic carbocycles. The molecule has 0 unspecified atom stereocenters. The average Bonchev–Trinajstić information content (AvgIpc) is 2.50. The predicted octanol–water partition coefficient (Wildman–Crippen LogP) is 3.50. The Morgan fingerprint density at radius 1 is 0.650 bits per heavy atom. The molecule has 1 aromatic heterocycles. The van der Waals surface area contributed by atoms with Crippen LogP contribution < -0.4 is 4.73 Å². The summed E-state index contributed by atoms with van der Waals surface area (Å²) in [6.07, 6.45) is 3.15. The van der Waals surface area contributed by atoms with E-state index in [9.17, 15) is 5.21 Å². The first-order valence-corrected chi connectivity index (χ1v) is 6.63. The summed E-state index contributed by atoms with van der Waals surface area (Å²) in [7, 11) is 0. The fraction of sp³-hybridized carbons (Fsp3) is 0.0556. The SMILES string of the molecule is [O-][n+]1cccc(C(c2ccccc2)c2ccccc2)c1. The Hall–Kier alpha value is -2.61. The highest BCUT2D eigenvalue weighted by Crippen LogP contribution is 2.30. The minimum Gasteiger partial charge on any atom is -0.619 e. The summed E-state index contributed by atoms with van der Waals surface area (Å²) in [4.78, 5) is 0. The Morgan fingerprint density at radius 3 is 1.65 bits per heavy atom. The van der Waals surface area contributed by atoms with Gasteiger partial charge in [0.05, 0.1) is 0 Å². The Kier molecular flexibility index (Phi) is 3.46. The lowest BCUT2D eigenvalue weighted by molar-refractivity contribution is -0.605. The van der Waals surface area contributed by atoms with Gasteiger partial charge in [0.15, 0.2) is 12.4 Å². The van der Waals surface area contributed by atoms with Gasteiger partial charge in [0.2, 0.25) is 0 Å². The largest absolute Gasteiger partial charge is 0.619 e. The molecule has 1 heterocycles. The third-order valence-corrected chi connectivity index (χ3v) is 3.40. The number of benzene rings is 2. The van der Waals surface area contributed by atoms with Crippen molar-refractivity contribution in [1.82, 2.24) is 0 Å². The van der Waals surface area contributed by atoms with Crippen molar-refractivity contribution < 1.29 is 4.73 Å². The number of pyridine rings is 1. The highest BCUT2D eigenvalue weighted by atomic mass is 16.5. The highest BCUT2D eigenvalue weighted by molar-refractivity contribution is 5.41. The van der Waals surface area contributed by atoms with E-state index in [0.29, 0.717) is 0 Å². The molecule has 0 spiro atoms. The van der Waals surface area contributed by atoms with E-state index in [1.54, 1.807) is 12.3 Å². The quantitative estimate of drug-likeness (QED) is 0.523. The summed E-state index contributed by atoms with van der Waals surface area (Å²) >= 11 is 0. The predicted molar refractivity (Wildman–Crippen MR) is 79.2 cm³/mol. The zero-order chi connectivity index (χ0) is 13.8. The minimum atomic E-state index is 0.0822. The summed E-state index contributed by atoms with van der Waals surface area (Å²) in [6, 6.07) is 24.3. The van der Waals surface area contributed by atoms with Crippen molar-refractivity contribution >= 4 is 0 Å². The molecule has 98 valence electrons. The van der Waals surface area contributed by atoms with Gasteiger partial charge in [-0.2, -0.15) is 4.73 Å². The monoisotopic (exact) mass is 261 g/mol. The molecular weight excluding hydrogens is 246 g/mol. The van der Waals surface area contributed by atoms with Gasteiger partial charge in [0, 0.05) is 17.5 Å². The molecule has 0 atom stereocenters. The highest BCUT2D eigenvalue weighted by Gasteiger charge is 2.18. The molecular formula is C18H15NO. The van der Waals surface area contributed by atoms with E-state index in [1.807, 2.05) is 42.5 Å². The molecule has 0 saturated heterocycles. The van der Waals surface area contributed by atoms with Crippen molar-refractivity contribution in [1.29, 1.82) is 0 Å². The summed E-state index contributed by atoms with van der Waals surface area (Å²) in [6.45, 7) is 0. The first-order chi connectivity index (χ1) is 9.84. The number of aromatic nitrogens is 1. The lowest BCUT2D eigenvalue weighted by Crippen LogP contribution is -2.25. The molecule has 0 aliphatic heterocycles. The van der Waals surface area contributed by atoms with Crippen molar-refractivity contribution in [2.45, 2.75) is 5.92 Å². The lowest BCUT2D eigenvalue weighted by atomic mass is 9.86. The summed E-state index contributed by atoms with van der Waals surface area (Å²) < 4.78 is 0.855. The second-order valence-corrected chi connectivity index (χ2v) is 4.75. The standard InChI is InChI=1S/C18H15NO/c20-19-13-7-12-17(14-19)18(15-8-3-1-4-9-15)16-10-5-2-6-11-16/h1-14,18H. The van der Waals surface area contributed by atoms with Crippen molar-refractivity contribution in [2.75, 3.05) is 0 Å². The molecule has 3 rings (SSSR count). The maximum absolute atomic E-state index is 11.6. The van der Waals surface area contributed by atoms with Crippen LogP contribution in [0.4, 0.5) is 0 Å². The molecule has 0 N–H and O–H groups in total. The topological polar surface area (TPSA) is 26.9 Å². The Balaban J connectivity index is 2.14. The van der Waals surface area contributed by atoms with Crippen LogP contribution in [0.15, 0.2) is 85.2 Å². The number of rotatable bonds is 3. The van der Waals surface area contributed by atoms with E-state index in [0.717, 1.165) is 10.3 Å². The fourth-order valence-corrected chi connectivity index (χ4v) is 2.51. The summed E-state index contributed by atoms with van der Waals surface area (Å²) in [5, 5.41) is 11.6. The minimum absolute atomic E-state index is 0.0822. The molecule has 3 aromatic rings. The van der Waals surface area contributed by atoms with Crippen molar-refractivity contribution in [3.05, 3.63) is 107 Å². The van der Waals surface area contributed by atoms with Crippen molar-refractivity contribution in [2.24, 2.45) is 0 Å². The van der Waals surface area contributed by atoms with E-state index in [2.05, 4.69) is 24.3 Å². The van der Waals surface area contributed by atoms with E-state index >= 15 is 0 Å². The van der Waals surface area contributed by atoms with Crippen LogP contribution in [0.3, 0.4) is 0 Å². The van der Waals surface area contributed by atoms with Crippen LogP contribution >= 0.6 is 0 Å². The zero-order valence-electron chi connectivity index (χ0n) is 11.0. The van der Waals surface area contributed by atoms with Gasteiger partial charge in [-0.1, -0.05) is 60.7 Å². The number of hydrogen-bond donors (Lipinski definition) is 0. The van der Waals surface area contributed by atoms with Crippen LogP contribution in [0.1, 0.15) is 22.6 Å². The average molecular weight is 261 g/mol. The second kappa shape index (κ2) is 5.57. The third kappa shape index (κ3) is 2.54. The van der Waals surface area contributed by atoms with Gasteiger partial charge in [0.1, 0.15) is 0 Å². The van der Waals surface area contributed by atoms with Crippen LogP contribution in [0.2, 0.25) is 0 Å². The number of nitrogens with zero attached hydrogens (tertiary/aromatic N) is 1. The van der Waals surface area contributed by atoms with Crippen molar-refractivity contribution in [3.8, 4) is 0 Å². The smallest absolute Gasteiger partial charge is 0.184 e. The van der Waals surface area contributed by atoms with Gasteiger partial charge in [-0.15, -0.1) is 0 Å². The van der Waals surface area contributed by atoms with Crippen LogP contribution in [-0.2, 0) is 0 Å². The van der Waals surface area contributed by atoms with Gasteiger partial charge in [-0.3, -0.25) is 0 Å². The molecule has 0 fully saturated rings. The molecule has 0 aliphatic rings. The third-order valence-electron chi connectivity index (χ3n) is 3.40. The van der Waals surface area contributed by atoms with Crippen molar-refractivity contribution in [3.63, 3.8) is 0 Å². The summed E-state index contributed by atoms with van der Waals surface area (Å²) in [5.41, 5.74) is 3.37. The van der Waals surface area contributed by atoms with Crippen LogP contribution in [-0.4, -0.2) is 0 Å². The van der Waals surface area contributed by atoms with Gasteiger partial charge in [-0.25, -0.2) is 0 Å². The molecule has 0 saturated carbocycles. The van der Waals surface area contributed by atoms with Gasteiger partial charge in [0.25, 0.3) is 0 Å². The lowest BCUT2D eigenvalue weighted by Gasteiger charge is -2.17. The molecule has 2 nitrogen and oxygen atoms in total. The van der Waals surface area contributed by atoms with Crippen LogP contribution in [0, 0.1) is 5.21 Å². The Bertz CT molecular complexity index is 641. The molecule has 0 radical (unpaired) electrons. The molecule has 20 heavy (non-hydrogen) atoms. The fourth-order valence-electron chi connectivity index (χ4n) is 2.51. The first-order valence-electron chi connectivity index (χ1n) is 6.63.